The van der Waals surface area contributed by atoms with Crippen molar-refractivity contribution in [1.82, 2.24) is 0 Å². The molecule has 0 aromatic heterocycles. The van der Waals surface area contributed by atoms with E-state index in [0.29, 0.717) is 40.1 Å². The summed E-state index contributed by atoms with van der Waals surface area (Å²) >= 11 is 0. The first kappa shape index (κ1) is 24.8. The molecule has 3 aliphatic carbocycles. The van der Waals surface area contributed by atoms with Crippen molar-refractivity contribution in [3.05, 3.63) is 94.6 Å². The number of benzene rings is 2. The lowest BCUT2D eigenvalue weighted by molar-refractivity contribution is -0.123. The highest BCUT2D eigenvalue weighted by Gasteiger charge is 2.57. The smallest absolute Gasteiger partial charge is 0.238 e. The summed E-state index contributed by atoms with van der Waals surface area (Å²) in [6.07, 6.45) is 5.43. The molecule has 0 radical (unpaired) electrons. The summed E-state index contributed by atoms with van der Waals surface area (Å²) in [5.41, 5.74) is 3.47. The van der Waals surface area contributed by atoms with Crippen LogP contribution in [0.15, 0.2) is 83.5 Å². The van der Waals surface area contributed by atoms with Crippen molar-refractivity contribution >= 4 is 35.1 Å². The van der Waals surface area contributed by atoms with Crippen molar-refractivity contribution in [1.29, 1.82) is 0 Å². The molecule has 0 bridgehead atoms. The number of ketones is 2. The number of aromatic hydroxyl groups is 1. The fourth-order valence-corrected chi connectivity index (χ4v) is 6.71. The maximum Gasteiger partial charge on any atom is 0.238 e. The van der Waals surface area contributed by atoms with Gasteiger partial charge in [0.2, 0.25) is 11.8 Å². The van der Waals surface area contributed by atoms with Gasteiger partial charge in [-0.3, -0.25) is 24.1 Å². The molecule has 2 aromatic rings. The Bertz CT molecular complexity index is 1570. The van der Waals surface area contributed by atoms with Gasteiger partial charge in [-0.1, -0.05) is 42.5 Å². The van der Waals surface area contributed by atoms with Crippen LogP contribution in [-0.2, 0) is 19.2 Å². The monoisotopic (exact) mass is 521 g/mol. The average molecular weight is 522 g/mol. The van der Waals surface area contributed by atoms with Crippen molar-refractivity contribution < 1.29 is 29.0 Å². The summed E-state index contributed by atoms with van der Waals surface area (Å²) in [5, 5.41) is 11.0. The third-order valence-electron chi connectivity index (χ3n) is 8.50. The van der Waals surface area contributed by atoms with E-state index in [9.17, 15) is 24.3 Å². The van der Waals surface area contributed by atoms with Crippen molar-refractivity contribution in [2.75, 3.05) is 12.0 Å². The molecule has 0 spiro atoms. The Hall–Kier alpha value is -4.52. The first-order valence-corrected chi connectivity index (χ1v) is 12.9. The van der Waals surface area contributed by atoms with E-state index in [1.54, 1.807) is 49.4 Å². The Balaban J connectivity index is 1.50. The summed E-state index contributed by atoms with van der Waals surface area (Å²) in [4.78, 5) is 55.6. The minimum absolute atomic E-state index is 0.0694. The topological polar surface area (TPSA) is 101 Å². The molecule has 6 rings (SSSR count). The average Bonchev–Trinajstić information content (AvgIpc) is 3.20. The molecule has 1 fully saturated rings. The first-order chi connectivity index (χ1) is 18.8. The molecule has 39 heavy (non-hydrogen) atoms. The van der Waals surface area contributed by atoms with Crippen LogP contribution < -0.4 is 9.64 Å². The van der Waals surface area contributed by atoms with Crippen LogP contribution >= 0.6 is 0 Å². The molecular weight excluding hydrogens is 494 g/mol. The molecule has 2 aromatic carbocycles. The van der Waals surface area contributed by atoms with E-state index < -0.39 is 23.7 Å². The number of carbonyl (C=O) groups is 4. The molecule has 1 aliphatic heterocycles. The number of fused-ring (bicyclic) bond motifs is 3. The van der Waals surface area contributed by atoms with E-state index in [-0.39, 0.29) is 35.6 Å². The van der Waals surface area contributed by atoms with Crippen LogP contribution in [0.2, 0.25) is 0 Å². The summed E-state index contributed by atoms with van der Waals surface area (Å²) in [7, 11) is 1.48. The molecule has 2 amide bonds. The quantitative estimate of drug-likeness (QED) is 0.356. The minimum Gasteiger partial charge on any atom is -0.507 e. The number of phenolic OH excluding ortho intramolecular Hbond substituents is 1. The second kappa shape index (κ2) is 9.05. The van der Waals surface area contributed by atoms with Gasteiger partial charge in [0.15, 0.2) is 11.6 Å². The van der Waals surface area contributed by atoms with Crippen LogP contribution in [0.25, 0.3) is 6.08 Å². The second-order valence-electron chi connectivity index (χ2n) is 10.4. The molecule has 4 atom stereocenters. The Morgan fingerprint density at radius 1 is 1.03 bits per heavy atom. The van der Waals surface area contributed by atoms with Crippen LogP contribution in [0.3, 0.4) is 0 Å². The summed E-state index contributed by atoms with van der Waals surface area (Å²) in [6, 6.07) is 11.9. The number of allylic oxidation sites excluding steroid dienone is 6. The number of anilines is 1. The standard InChI is InChI=1S/C32H27NO6/c1-4-17-8-10-18(11-9-17)33-31(37)20-13-12-19-21(26(20)32(33)38)15-22-24(35)14-16(2)30(36)28(22)27(19)29-23(34)6-5-7-25(29)39-3/h4-12,14,20-21,26-27,34H,1,13,15H2,2-3H3/t20-,21+,26-,27-/m0/s1. The highest BCUT2D eigenvalue weighted by Crippen LogP contribution is 2.57. The van der Waals surface area contributed by atoms with Gasteiger partial charge in [0.1, 0.15) is 11.5 Å². The van der Waals surface area contributed by atoms with Gasteiger partial charge in [0.25, 0.3) is 0 Å². The van der Waals surface area contributed by atoms with E-state index in [4.69, 9.17) is 4.74 Å². The number of rotatable bonds is 4. The zero-order valence-corrected chi connectivity index (χ0v) is 21.6. The number of phenols is 1. The van der Waals surface area contributed by atoms with Gasteiger partial charge in [-0.15, -0.1) is 0 Å². The number of carbonyl (C=O) groups excluding carboxylic acids is 4. The number of methoxy groups -OCH3 is 1. The Labute approximate surface area is 225 Å². The Morgan fingerprint density at radius 2 is 1.77 bits per heavy atom. The summed E-state index contributed by atoms with van der Waals surface area (Å²) < 4.78 is 5.59. The third-order valence-corrected chi connectivity index (χ3v) is 8.50. The summed E-state index contributed by atoms with van der Waals surface area (Å²) in [5.74, 6) is -3.37. The molecule has 0 unspecified atom stereocenters. The lowest BCUT2D eigenvalue weighted by atomic mass is 9.59. The molecular formula is C32H27NO6. The van der Waals surface area contributed by atoms with Crippen molar-refractivity contribution in [2.24, 2.45) is 17.8 Å². The number of ether oxygens (including phenoxy) is 1. The lowest BCUT2D eigenvalue weighted by Crippen LogP contribution is -2.40. The molecule has 1 N–H and O–H groups in total. The van der Waals surface area contributed by atoms with Crippen molar-refractivity contribution in [3.63, 3.8) is 0 Å². The van der Waals surface area contributed by atoms with E-state index in [2.05, 4.69) is 6.58 Å². The molecule has 4 aliphatic rings. The highest BCUT2D eigenvalue weighted by molar-refractivity contribution is 6.25. The zero-order chi connectivity index (χ0) is 27.6. The number of imide groups is 1. The molecule has 0 saturated carbocycles. The third kappa shape index (κ3) is 3.56. The largest absolute Gasteiger partial charge is 0.507 e. The number of nitrogens with zero attached hydrogens (tertiary/aromatic N) is 1. The number of hydrogen-bond acceptors (Lipinski definition) is 6. The number of amides is 2. The fourth-order valence-electron chi connectivity index (χ4n) is 6.71. The molecule has 1 saturated heterocycles. The van der Waals surface area contributed by atoms with E-state index >= 15 is 0 Å². The zero-order valence-electron chi connectivity index (χ0n) is 21.6. The number of hydrogen-bond donors (Lipinski definition) is 1. The molecule has 7 nitrogen and oxygen atoms in total. The Kier molecular flexibility index (Phi) is 5.75. The predicted octanol–water partition coefficient (Wildman–Crippen LogP) is 4.68. The van der Waals surface area contributed by atoms with Crippen LogP contribution in [0.1, 0.15) is 36.8 Å². The van der Waals surface area contributed by atoms with Crippen LogP contribution in [-0.4, -0.2) is 35.6 Å². The van der Waals surface area contributed by atoms with Gasteiger partial charge in [-0.05, 0) is 61.6 Å². The maximum atomic E-state index is 14.0. The van der Waals surface area contributed by atoms with Gasteiger partial charge in [0.05, 0.1) is 24.6 Å². The van der Waals surface area contributed by atoms with E-state index in [1.165, 1.54) is 24.2 Å². The van der Waals surface area contributed by atoms with Gasteiger partial charge in [0, 0.05) is 28.2 Å². The fraction of sp³-hybridized carbons (Fsp3) is 0.250. The van der Waals surface area contributed by atoms with Crippen molar-refractivity contribution in [3.8, 4) is 11.5 Å². The maximum absolute atomic E-state index is 14.0. The predicted molar refractivity (Wildman–Crippen MR) is 145 cm³/mol. The van der Waals surface area contributed by atoms with Crippen LogP contribution in [0.4, 0.5) is 5.69 Å². The highest BCUT2D eigenvalue weighted by atomic mass is 16.5. The van der Waals surface area contributed by atoms with E-state index in [1.807, 2.05) is 6.08 Å². The molecule has 1 heterocycles. The SMILES string of the molecule is C=Cc1ccc(N2C(=O)[C@H]3[C@H](CC=C4[C@H](c5c(O)cccc5OC)C5=C(C[C@H]43)C(=O)C=C(C)C5=O)C2=O)cc1. The Morgan fingerprint density at radius 3 is 2.46 bits per heavy atom. The van der Waals surface area contributed by atoms with Crippen LogP contribution in [0, 0.1) is 17.8 Å². The van der Waals surface area contributed by atoms with Crippen molar-refractivity contribution in [2.45, 2.75) is 25.7 Å². The minimum atomic E-state index is -0.778. The first-order valence-electron chi connectivity index (χ1n) is 12.9. The molecule has 196 valence electrons. The van der Waals surface area contributed by atoms with Gasteiger partial charge >= 0.3 is 0 Å². The van der Waals surface area contributed by atoms with Gasteiger partial charge in [-0.2, -0.15) is 0 Å². The second-order valence-corrected chi connectivity index (χ2v) is 10.4. The normalized spacial score (nSPS) is 26.1. The van der Waals surface area contributed by atoms with Gasteiger partial charge < -0.3 is 9.84 Å². The van der Waals surface area contributed by atoms with Gasteiger partial charge in [-0.25, -0.2) is 0 Å². The number of Topliss-reactive ketones (excluding diaryl/α,β-unsaturated/α-hetero) is 1. The summed E-state index contributed by atoms with van der Waals surface area (Å²) in [6.45, 7) is 5.36. The van der Waals surface area contributed by atoms with E-state index in [0.717, 1.165) is 11.1 Å². The van der Waals surface area contributed by atoms with Crippen LogP contribution in [0.5, 0.6) is 11.5 Å². The lowest BCUT2D eigenvalue weighted by Gasteiger charge is -2.42. The molecule has 7 heteroatoms.